The third-order valence-electron chi connectivity index (χ3n) is 3.15. The van der Waals surface area contributed by atoms with E-state index in [1.54, 1.807) is 16.8 Å². The van der Waals surface area contributed by atoms with Gasteiger partial charge in [0.2, 0.25) is 0 Å². The van der Waals surface area contributed by atoms with Crippen LogP contribution < -0.4 is 21.1 Å². The van der Waals surface area contributed by atoms with E-state index in [-0.39, 0.29) is 18.4 Å². The van der Waals surface area contributed by atoms with Crippen LogP contribution in [0.5, 0.6) is 0 Å². The number of hydrogen-bond acceptors (Lipinski definition) is 3. The zero-order valence-electron chi connectivity index (χ0n) is 9.75. The highest BCUT2D eigenvalue weighted by atomic mass is 32.1. The van der Waals surface area contributed by atoms with E-state index in [4.69, 9.17) is 12.2 Å². The number of nitrogens with zero attached hydrogens (tertiary/aromatic N) is 2. The summed E-state index contributed by atoms with van der Waals surface area (Å²) in [5.74, 6) is 0. The lowest BCUT2D eigenvalue weighted by Crippen LogP contribution is -2.68. The number of rotatable bonds is 1. The molecule has 3 rings (SSSR count). The van der Waals surface area contributed by atoms with Crippen LogP contribution in [0.2, 0.25) is 0 Å². The molecule has 2 aliphatic heterocycles. The summed E-state index contributed by atoms with van der Waals surface area (Å²) in [6.45, 7) is 0. The van der Waals surface area contributed by atoms with Crippen LogP contribution in [0.1, 0.15) is 0 Å². The fourth-order valence-electron chi connectivity index (χ4n) is 2.25. The molecule has 6 nitrogen and oxygen atoms in total. The molecule has 0 saturated carbocycles. The van der Waals surface area contributed by atoms with Crippen molar-refractivity contribution in [1.29, 1.82) is 0 Å². The Hall–Kier alpha value is -1.86. The zero-order valence-corrected chi connectivity index (χ0v) is 10.6. The minimum absolute atomic E-state index is 0.0669. The third kappa shape index (κ3) is 1.59. The second-order valence-electron chi connectivity index (χ2n) is 4.23. The molecule has 0 aliphatic carbocycles. The van der Waals surface area contributed by atoms with Gasteiger partial charge in [0, 0.05) is 12.7 Å². The highest BCUT2D eigenvalue weighted by Gasteiger charge is 2.46. The molecule has 2 unspecified atom stereocenters. The maximum absolute atomic E-state index is 12.3. The molecule has 2 saturated heterocycles. The molecule has 1 aromatic carbocycles. The highest BCUT2D eigenvalue weighted by Crippen LogP contribution is 2.26. The Balaban J connectivity index is 1.96. The first-order valence-electron chi connectivity index (χ1n) is 5.61. The minimum atomic E-state index is -0.198. The number of urea groups is 1. The third-order valence-corrected chi connectivity index (χ3v) is 3.37. The summed E-state index contributed by atoms with van der Waals surface area (Å²) in [5, 5.41) is 3.57. The molecule has 0 bridgehead atoms. The Morgan fingerprint density at radius 3 is 2.67 bits per heavy atom. The smallest absolute Gasteiger partial charge is 0.327 e. The molecule has 1 aromatic rings. The van der Waals surface area contributed by atoms with Crippen molar-refractivity contribution < 1.29 is 4.79 Å². The molecule has 0 aromatic heterocycles. The lowest BCUT2D eigenvalue weighted by atomic mass is 10.2. The lowest BCUT2D eigenvalue weighted by molar-refractivity contribution is 0.207. The van der Waals surface area contributed by atoms with Crippen molar-refractivity contribution in [1.82, 2.24) is 21.1 Å². The molecule has 2 fully saturated rings. The largest absolute Gasteiger partial charge is 0.338 e. The Morgan fingerprint density at radius 2 is 1.94 bits per heavy atom. The van der Waals surface area contributed by atoms with E-state index in [1.165, 1.54) is 0 Å². The van der Waals surface area contributed by atoms with Crippen LogP contribution in [0.3, 0.4) is 0 Å². The average Bonchev–Trinajstić information content (AvgIpc) is 2.64. The first-order valence-corrected chi connectivity index (χ1v) is 6.02. The van der Waals surface area contributed by atoms with Gasteiger partial charge in [-0.05, 0) is 24.4 Å². The minimum Gasteiger partial charge on any atom is -0.338 e. The molecule has 2 amide bonds. The van der Waals surface area contributed by atoms with E-state index in [0.717, 1.165) is 5.69 Å². The topological polar surface area (TPSA) is 59.6 Å². The first-order chi connectivity index (χ1) is 8.68. The van der Waals surface area contributed by atoms with Gasteiger partial charge in [0.15, 0.2) is 5.11 Å². The van der Waals surface area contributed by atoms with Gasteiger partial charge >= 0.3 is 6.03 Å². The molecule has 0 radical (unpaired) electrons. The van der Waals surface area contributed by atoms with Gasteiger partial charge in [-0.1, -0.05) is 18.2 Å². The molecule has 0 spiro atoms. The second-order valence-corrected chi connectivity index (χ2v) is 4.64. The van der Waals surface area contributed by atoms with Crippen molar-refractivity contribution in [3.63, 3.8) is 0 Å². The summed E-state index contributed by atoms with van der Waals surface area (Å²) < 4.78 is 0. The average molecular weight is 263 g/mol. The van der Waals surface area contributed by atoms with Gasteiger partial charge in [-0.3, -0.25) is 10.3 Å². The number of fused-ring (bicyclic) bond motifs is 1. The molecule has 2 heterocycles. The number of nitrogens with one attached hydrogen (secondary N) is 3. The van der Waals surface area contributed by atoms with Crippen LogP contribution in [0.15, 0.2) is 30.3 Å². The van der Waals surface area contributed by atoms with Crippen molar-refractivity contribution in [3.8, 4) is 0 Å². The van der Waals surface area contributed by atoms with Gasteiger partial charge in [0.1, 0.15) is 12.3 Å². The number of carbonyl (C=O) groups excluding carboxylic acids is 1. The standard InChI is InChI=1S/C11H13N5OS/c1-15-8-9(13-14-10(18)12-8)16(11(15)17)7-5-3-2-4-6-7/h2-6,8-9,13H,1H3,(H2,12,14,18). The Kier molecular flexibility index (Phi) is 2.57. The normalized spacial score (nSPS) is 26.7. The van der Waals surface area contributed by atoms with E-state index in [2.05, 4.69) is 16.2 Å². The van der Waals surface area contributed by atoms with Crippen molar-refractivity contribution in [2.75, 3.05) is 11.9 Å². The van der Waals surface area contributed by atoms with Crippen molar-refractivity contribution in [2.45, 2.75) is 12.3 Å². The molecule has 3 N–H and O–H groups in total. The van der Waals surface area contributed by atoms with E-state index < -0.39 is 0 Å². The second kappa shape index (κ2) is 4.11. The van der Waals surface area contributed by atoms with Crippen molar-refractivity contribution >= 4 is 29.0 Å². The van der Waals surface area contributed by atoms with Crippen LogP contribution >= 0.6 is 12.2 Å². The van der Waals surface area contributed by atoms with Crippen LogP contribution in [-0.2, 0) is 0 Å². The monoisotopic (exact) mass is 263 g/mol. The van der Waals surface area contributed by atoms with E-state index in [0.29, 0.717) is 5.11 Å². The van der Waals surface area contributed by atoms with Crippen LogP contribution in [0.25, 0.3) is 0 Å². The number of amides is 2. The highest BCUT2D eigenvalue weighted by molar-refractivity contribution is 7.80. The van der Waals surface area contributed by atoms with E-state index >= 15 is 0 Å². The summed E-state index contributed by atoms with van der Waals surface area (Å²) in [7, 11) is 1.76. The number of hydrazine groups is 1. The molecule has 2 aliphatic rings. The van der Waals surface area contributed by atoms with Gasteiger partial charge in [-0.25, -0.2) is 10.2 Å². The Labute approximate surface area is 110 Å². The van der Waals surface area contributed by atoms with Gasteiger partial charge in [-0.2, -0.15) is 0 Å². The molecule has 18 heavy (non-hydrogen) atoms. The van der Waals surface area contributed by atoms with Crippen LogP contribution in [-0.4, -0.2) is 35.4 Å². The Morgan fingerprint density at radius 1 is 1.22 bits per heavy atom. The van der Waals surface area contributed by atoms with Gasteiger partial charge < -0.3 is 10.2 Å². The lowest BCUT2D eigenvalue weighted by Gasteiger charge is -2.34. The van der Waals surface area contributed by atoms with Gasteiger partial charge in [0.05, 0.1) is 0 Å². The van der Waals surface area contributed by atoms with E-state index in [1.807, 2.05) is 30.3 Å². The number of para-hydroxylation sites is 1. The predicted molar refractivity (Wildman–Crippen MR) is 71.7 cm³/mol. The summed E-state index contributed by atoms with van der Waals surface area (Å²) in [4.78, 5) is 15.6. The summed E-state index contributed by atoms with van der Waals surface area (Å²) >= 11 is 5.04. The maximum Gasteiger partial charge on any atom is 0.327 e. The number of hydrogen-bond donors (Lipinski definition) is 3. The van der Waals surface area contributed by atoms with Crippen LogP contribution in [0.4, 0.5) is 10.5 Å². The number of likely N-dealkylation sites (N-methyl/N-ethyl adjacent to an activating group) is 1. The fraction of sp³-hybridized carbons (Fsp3) is 0.273. The first kappa shape index (κ1) is 11.2. The van der Waals surface area contributed by atoms with Gasteiger partial charge in [-0.15, -0.1) is 0 Å². The molecule has 2 atom stereocenters. The van der Waals surface area contributed by atoms with Crippen LogP contribution in [0, 0.1) is 0 Å². The summed E-state index contributed by atoms with van der Waals surface area (Å²) in [6, 6.07) is 9.48. The molecule has 7 heteroatoms. The number of anilines is 1. The SMILES string of the molecule is CN1C(=O)N(c2ccccc2)C2NNC(=S)NC21. The molecular formula is C11H13N5OS. The quantitative estimate of drug-likeness (QED) is 0.632. The predicted octanol–water partition coefficient (Wildman–Crippen LogP) is 0.193. The number of carbonyl (C=O) groups is 1. The Bertz CT molecular complexity index is 493. The van der Waals surface area contributed by atoms with Crippen molar-refractivity contribution in [2.24, 2.45) is 0 Å². The zero-order chi connectivity index (χ0) is 12.7. The summed E-state index contributed by atoms with van der Waals surface area (Å²) in [5.41, 5.74) is 6.75. The van der Waals surface area contributed by atoms with Gasteiger partial charge in [0.25, 0.3) is 0 Å². The van der Waals surface area contributed by atoms with E-state index in [9.17, 15) is 4.79 Å². The number of thiocarbonyl (C=S) groups is 1. The molecule has 94 valence electrons. The molecular weight excluding hydrogens is 250 g/mol. The summed E-state index contributed by atoms with van der Waals surface area (Å²) in [6.07, 6.45) is -0.372. The van der Waals surface area contributed by atoms with Crippen molar-refractivity contribution in [3.05, 3.63) is 30.3 Å². The number of benzene rings is 1. The maximum atomic E-state index is 12.3. The fourth-order valence-corrected chi connectivity index (χ4v) is 2.43.